The lowest BCUT2D eigenvalue weighted by molar-refractivity contribution is 0.879. The molecular weight excluding hydrogens is 326 g/mol. The second kappa shape index (κ2) is 6.48. The van der Waals surface area contributed by atoms with Gasteiger partial charge in [-0.3, -0.25) is 4.79 Å². The number of hydrogen-bond donors (Lipinski definition) is 2. The summed E-state index contributed by atoms with van der Waals surface area (Å²) >= 11 is 0. The Labute approximate surface area is 150 Å². The maximum Gasteiger partial charge on any atom is 0.275 e. The standard InChI is InChI=1S/C20H19N5O/c1-13-6-8-15(9-7-13)19-23-20-22-17(11-18(26)25(20)24-19)12-21-16-5-3-4-14(2)10-16/h3-11,21H,12H2,1-2H3,(H,22,23,24). The van der Waals surface area contributed by atoms with Crippen molar-refractivity contribution in [2.24, 2.45) is 0 Å². The van der Waals surface area contributed by atoms with Crippen molar-refractivity contribution in [3.8, 4) is 11.4 Å². The molecule has 2 N–H and O–H groups in total. The van der Waals surface area contributed by atoms with E-state index in [1.54, 1.807) is 6.07 Å². The second-order valence-electron chi connectivity index (χ2n) is 6.39. The van der Waals surface area contributed by atoms with Gasteiger partial charge in [0, 0.05) is 23.0 Å². The molecule has 0 saturated carbocycles. The van der Waals surface area contributed by atoms with Gasteiger partial charge < -0.3 is 10.3 Å². The summed E-state index contributed by atoms with van der Waals surface area (Å²) < 4.78 is 1.30. The van der Waals surface area contributed by atoms with Gasteiger partial charge in [-0.1, -0.05) is 42.0 Å². The van der Waals surface area contributed by atoms with Gasteiger partial charge in [-0.25, -0.2) is 0 Å². The van der Waals surface area contributed by atoms with Crippen LogP contribution in [-0.2, 0) is 6.54 Å². The van der Waals surface area contributed by atoms with Crippen molar-refractivity contribution in [2.75, 3.05) is 5.32 Å². The van der Waals surface area contributed by atoms with Gasteiger partial charge >= 0.3 is 0 Å². The van der Waals surface area contributed by atoms with Gasteiger partial charge in [0.1, 0.15) is 0 Å². The normalized spacial score (nSPS) is 11.0. The van der Waals surface area contributed by atoms with E-state index in [0.717, 1.165) is 22.5 Å². The predicted octanol–water partition coefficient (Wildman–Crippen LogP) is 3.31. The zero-order valence-corrected chi connectivity index (χ0v) is 14.7. The predicted molar refractivity (Wildman–Crippen MR) is 102 cm³/mol. The molecule has 4 rings (SSSR count). The SMILES string of the molecule is Cc1ccc(-c2nc3[nH]c(CNc4cccc(C)c4)cc(=O)n3n2)cc1. The number of aromatic nitrogens is 4. The van der Waals surface area contributed by atoms with E-state index < -0.39 is 0 Å². The second-order valence-corrected chi connectivity index (χ2v) is 6.39. The van der Waals surface area contributed by atoms with E-state index in [1.165, 1.54) is 10.1 Å². The maximum absolute atomic E-state index is 12.4. The molecule has 0 aliphatic carbocycles. The summed E-state index contributed by atoms with van der Waals surface area (Å²) in [5.74, 6) is 0.969. The minimum atomic E-state index is -0.203. The molecule has 6 heteroatoms. The van der Waals surface area contributed by atoms with Crippen LogP contribution in [0.2, 0.25) is 0 Å². The lowest BCUT2D eigenvalue weighted by Crippen LogP contribution is -2.17. The van der Waals surface area contributed by atoms with E-state index >= 15 is 0 Å². The first-order chi connectivity index (χ1) is 12.6. The minimum Gasteiger partial charge on any atom is -0.379 e. The third kappa shape index (κ3) is 3.21. The van der Waals surface area contributed by atoms with Crippen molar-refractivity contribution in [3.05, 3.63) is 81.8 Å². The summed E-state index contributed by atoms with van der Waals surface area (Å²) in [4.78, 5) is 20.0. The van der Waals surface area contributed by atoms with Crippen LogP contribution in [0.3, 0.4) is 0 Å². The fourth-order valence-electron chi connectivity index (χ4n) is 2.81. The summed E-state index contributed by atoms with van der Waals surface area (Å²) in [6, 6.07) is 17.5. The number of nitrogens with zero attached hydrogens (tertiary/aromatic N) is 3. The average molecular weight is 345 g/mol. The van der Waals surface area contributed by atoms with Gasteiger partial charge in [0.25, 0.3) is 5.56 Å². The van der Waals surface area contributed by atoms with E-state index in [9.17, 15) is 4.79 Å². The third-order valence-corrected chi connectivity index (χ3v) is 4.20. The smallest absolute Gasteiger partial charge is 0.275 e. The molecule has 130 valence electrons. The van der Waals surface area contributed by atoms with Crippen LogP contribution in [0.25, 0.3) is 17.2 Å². The van der Waals surface area contributed by atoms with Crippen LogP contribution in [0.15, 0.2) is 59.4 Å². The van der Waals surface area contributed by atoms with E-state index in [0.29, 0.717) is 18.1 Å². The lowest BCUT2D eigenvalue weighted by Gasteiger charge is -2.07. The topological polar surface area (TPSA) is 75.1 Å². The number of aryl methyl sites for hydroxylation is 2. The zero-order valence-electron chi connectivity index (χ0n) is 14.7. The number of hydrogen-bond acceptors (Lipinski definition) is 4. The van der Waals surface area contributed by atoms with Crippen molar-refractivity contribution in [3.63, 3.8) is 0 Å². The number of aromatic amines is 1. The fourth-order valence-corrected chi connectivity index (χ4v) is 2.81. The van der Waals surface area contributed by atoms with Crippen molar-refractivity contribution in [2.45, 2.75) is 20.4 Å². The molecular formula is C20H19N5O. The monoisotopic (exact) mass is 345 g/mol. The van der Waals surface area contributed by atoms with Gasteiger partial charge in [-0.2, -0.15) is 9.50 Å². The zero-order chi connectivity index (χ0) is 18.1. The molecule has 0 aliphatic rings. The number of H-pyrrole nitrogens is 1. The molecule has 0 spiro atoms. The van der Waals surface area contributed by atoms with Crippen molar-refractivity contribution >= 4 is 11.5 Å². The van der Waals surface area contributed by atoms with Gasteiger partial charge in [-0.05, 0) is 31.5 Å². The Morgan fingerprint density at radius 3 is 2.62 bits per heavy atom. The number of rotatable bonds is 4. The van der Waals surface area contributed by atoms with Crippen LogP contribution < -0.4 is 10.9 Å². The third-order valence-electron chi connectivity index (χ3n) is 4.20. The molecule has 4 aromatic rings. The molecule has 0 fully saturated rings. The highest BCUT2D eigenvalue weighted by Gasteiger charge is 2.10. The molecule has 2 aromatic heterocycles. The van der Waals surface area contributed by atoms with Gasteiger partial charge in [-0.15, -0.1) is 5.10 Å². The molecule has 0 bridgehead atoms. The molecule has 0 saturated heterocycles. The summed E-state index contributed by atoms with van der Waals surface area (Å²) in [6.07, 6.45) is 0. The van der Waals surface area contributed by atoms with Crippen LogP contribution >= 0.6 is 0 Å². The molecule has 0 unspecified atom stereocenters. The maximum atomic E-state index is 12.4. The molecule has 2 heterocycles. The highest BCUT2D eigenvalue weighted by atomic mass is 16.1. The first kappa shape index (κ1) is 16.1. The quantitative estimate of drug-likeness (QED) is 0.595. The molecule has 0 atom stereocenters. The van der Waals surface area contributed by atoms with E-state index in [2.05, 4.69) is 26.4 Å². The van der Waals surface area contributed by atoms with Crippen LogP contribution in [-0.4, -0.2) is 19.6 Å². The summed E-state index contributed by atoms with van der Waals surface area (Å²) in [6.45, 7) is 4.57. The Kier molecular flexibility index (Phi) is 4.01. The molecule has 0 amide bonds. The molecule has 26 heavy (non-hydrogen) atoms. The fraction of sp³-hybridized carbons (Fsp3) is 0.150. The summed E-state index contributed by atoms with van der Waals surface area (Å²) in [5, 5.41) is 7.64. The van der Waals surface area contributed by atoms with Gasteiger partial charge in [0.15, 0.2) is 5.82 Å². The van der Waals surface area contributed by atoms with E-state index in [-0.39, 0.29) is 5.56 Å². The molecule has 0 radical (unpaired) electrons. The van der Waals surface area contributed by atoms with Crippen LogP contribution in [0.4, 0.5) is 5.69 Å². The average Bonchev–Trinajstić information content (AvgIpc) is 3.05. The van der Waals surface area contributed by atoms with Crippen LogP contribution in [0, 0.1) is 13.8 Å². The Morgan fingerprint density at radius 2 is 1.85 bits per heavy atom. The van der Waals surface area contributed by atoms with Gasteiger partial charge in [0.05, 0.1) is 6.54 Å². The molecule has 2 aromatic carbocycles. The Balaban J connectivity index is 1.63. The van der Waals surface area contributed by atoms with Crippen molar-refractivity contribution < 1.29 is 0 Å². The lowest BCUT2D eigenvalue weighted by atomic mass is 10.1. The number of fused-ring (bicyclic) bond motifs is 1. The highest BCUT2D eigenvalue weighted by Crippen LogP contribution is 2.16. The van der Waals surface area contributed by atoms with E-state index in [1.807, 2.05) is 56.3 Å². The van der Waals surface area contributed by atoms with Crippen molar-refractivity contribution in [1.29, 1.82) is 0 Å². The number of anilines is 1. The molecule has 0 aliphatic heterocycles. The van der Waals surface area contributed by atoms with Crippen LogP contribution in [0.1, 0.15) is 16.8 Å². The van der Waals surface area contributed by atoms with Crippen molar-refractivity contribution in [1.82, 2.24) is 19.6 Å². The Bertz CT molecular complexity index is 1130. The number of benzene rings is 2. The first-order valence-corrected chi connectivity index (χ1v) is 8.45. The minimum absolute atomic E-state index is 0.203. The highest BCUT2D eigenvalue weighted by molar-refractivity contribution is 5.57. The Morgan fingerprint density at radius 1 is 1.04 bits per heavy atom. The van der Waals surface area contributed by atoms with E-state index in [4.69, 9.17) is 0 Å². The number of nitrogens with one attached hydrogen (secondary N) is 2. The molecule has 6 nitrogen and oxygen atoms in total. The largest absolute Gasteiger partial charge is 0.379 e. The Hall–Kier alpha value is -3.41. The van der Waals surface area contributed by atoms with Gasteiger partial charge in [0.2, 0.25) is 5.78 Å². The summed E-state index contributed by atoms with van der Waals surface area (Å²) in [5.41, 5.74) is 4.79. The van der Waals surface area contributed by atoms with Crippen LogP contribution in [0.5, 0.6) is 0 Å². The summed E-state index contributed by atoms with van der Waals surface area (Å²) in [7, 11) is 0. The first-order valence-electron chi connectivity index (χ1n) is 8.45.